The maximum atomic E-state index is 9.83. The highest BCUT2D eigenvalue weighted by atomic mass is 15.0. The molecule has 0 saturated carbocycles. The van der Waals surface area contributed by atoms with E-state index in [1.54, 1.807) is 0 Å². The molecule has 1 aliphatic rings. The number of aromatic nitrogens is 3. The van der Waals surface area contributed by atoms with E-state index in [4.69, 9.17) is 15.0 Å². The van der Waals surface area contributed by atoms with Crippen molar-refractivity contribution in [2.75, 3.05) is 0 Å². The zero-order chi connectivity index (χ0) is 38.6. The van der Waals surface area contributed by atoms with Crippen molar-refractivity contribution in [1.29, 1.82) is 5.26 Å². The van der Waals surface area contributed by atoms with Gasteiger partial charge in [-0.3, -0.25) is 0 Å². The quantitative estimate of drug-likeness (QED) is 0.170. The van der Waals surface area contributed by atoms with E-state index in [0.29, 0.717) is 23.0 Å². The van der Waals surface area contributed by atoms with Crippen LogP contribution in [0.15, 0.2) is 194 Å². The lowest BCUT2D eigenvalue weighted by molar-refractivity contribution is 1.07. The molecule has 4 nitrogen and oxygen atoms in total. The van der Waals surface area contributed by atoms with E-state index in [1.165, 1.54) is 54.9 Å². The lowest BCUT2D eigenvalue weighted by Gasteiger charge is -2.18. The van der Waals surface area contributed by atoms with Crippen LogP contribution in [0.3, 0.4) is 0 Å². The first-order chi connectivity index (χ1) is 28.7. The molecule has 0 fully saturated rings. The molecule has 11 rings (SSSR count). The minimum absolute atomic E-state index is 0.629. The lowest BCUT2D eigenvalue weighted by Crippen LogP contribution is -2.00. The molecule has 0 N–H and O–H groups in total. The average Bonchev–Trinajstić information content (AvgIpc) is 3.64. The van der Waals surface area contributed by atoms with E-state index >= 15 is 0 Å². The zero-order valence-electron chi connectivity index (χ0n) is 31.3. The van der Waals surface area contributed by atoms with Crippen LogP contribution < -0.4 is 0 Å². The molecular weight excluding hydrogens is 705 g/mol. The first-order valence-electron chi connectivity index (χ1n) is 19.4. The van der Waals surface area contributed by atoms with E-state index in [0.717, 1.165) is 38.9 Å². The van der Waals surface area contributed by atoms with Crippen molar-refractivity contribution in [3.8, 4) is 95.9 Å². The van der Waals surface area contributed by atoms with E-state index in [2.05, 4.69) is 121 Å². The van der Waals surface area contributed by atoms with Gasteiger partial charge in [-0.05, 0) is 89.3 Å². The summed E-state index contributed by atoms with van der Waals surface area (Å²) in [5.74, 6) is 1.91. The maximum Gasteiger partial charge on any atom is 0.164 e. The lowest BCUT2D eigenvalue weighted by atomic mass is 9.85. The van der Waals surface area contributed by atoms with Crippen LogP contribution >= 0.6 is 0 Å². The molecule has 1 aliphatic carbocycles. The van der Waals surface area contributed by atoms with Gasteiger partial charge in [-0.2, -0.15) is 5.26 Å². The Hall–Kier alpha value is -8.00. The fourth-order valence-corrected chi connectivity index (χ4v) is 8.64. The first kappa shape index (κ1) is 33.3. The molecule has 0 aliphatic heterocycles. The third-order valence-corrected chi connectivity index (χ3v) is 11.3. The molecule has 0 amide bonds. The Kier molecular flexibility index (Phi) is 7.84. The van der Waals surface area contributed by atoms with Crippen LogP contribution in [-0.4, -0.2) is 15.0 Å². The molecule has 9 aromatic carbocycles. The largest absolute Gasteiger partial charge is 0.208 e. The number of rotatable bonds is 6. The second kappa shape index (κ2) is 13.6. The Morgan fingerprint density at radius 3 is 1.29 bits per heavy atom. The van der Waals surface area contributed by atoms with Crippen molar-refractivity contribution in [2.24, 2.45) is 0 Å². The van der Waals surface area contributed by atoms with Crippen LogP contribution in [-0.2, 0) is 0 Å². The van der Waals surface area contributed by atoms with Crippen LogP contribution in [0, 0.1) is 11.3 Å². The molecule has 0 spiro atoms. The second-order valence-electron chi connectivity index (χ2n) is 14.6. The topological polar surface area (TPSA) is 62.5 Å². The number of benzene rings is 9. The number of fused-ring (bicyclic) bond motifs is 4. The number of hydrogen-bond acceptors (Lipinski definition) is 4. The van der Waals surface area contributed by atoms with Gasteiger partial charge in [0.05, 0.1) is 11.6 Å². The summed E-state index contributed by atoms with van der Waals surface area (Å²) in [5, 5.41) is 14.6. The van der Waals surface area contributed by atoms with Gasteiger partial charge in [0, 0.05) is 16.7 Å². The van der Waals surface area contributed by atoms with Crippen LogP contribution in [0.4, 0.5) is 0 Å². The third-order valence-electron chi connectivity index (χ3n) is 11.3. The summed E-state index contributed by atoms with van der Waals surface area (Å²) >= 11 is 0. The molecule has 1 aromatic heterocycles. The van der Waals surface area contributed by atoms with Gasteiger partial charge in [-0.15, -0.1) is 0 Å². The van der Waals surface area contributed by atoms with Crippen LogP contribution in [0.2, 0.25) is 0 Å². The molecule has 0 bridgehead atoms. The Morgan fingerprint density at radius 2 is 0.707 bits per heavy atom. The van der Waals surface area contributed by atoms with Gasteiger partial charge in [0.15, 0.2) is 17.5 Å². The molecule has 58 heavy (non-hydrogen) atoms. The van der Waals surface area contributed by atoms with Gasteiger partial charge in [-0.1, -0.05) is 182 Å². The minimum Gasteiger partial charge on any atom is -0.208 e. The summed E-state index contributed by atoms with van der Waals surface area (Å²) < 4.78 is 0. The molecule has 0 saturated heterocycles. The molecule has 0 unspecified atom stereocenters. The second-order valence-corrected chi connectivity index (χ2v) is 14.6. The Balaban J connectivity index is 1.05. The van der Waals surface area contributed by atoms with Crippen LogP contribution in [0.1, 0.15) is 5.56 Å². The molecule has 1 heterocycles. The van der Waals surface area contributed by atoms with Crippen molar-refractivity contribution in [3.05, 3.63) is 200 Å². The molecular formula is C54H32N4. The third kappa shape index (κ3) is 5.49. The normalized spacial score (nSPS) is 11.4. The first-order valence-corrected chi connectivity index (χ1v) is 19.4. The molecule has 0 atom stereocenters. The number of hydrogen-bond donors (Lipinski definition) is 0. The van der Waals surface area contributed by atoms with Gasteiger partial charge in [0.25, 0.3) is 0 Å². The van der Waals surface area contributed by atoms with Crippen LogP contribution in [0.5, 0.6) is 0 Å². The molecule has 10 aromatic rings. The smallest absolute Gasteiger partial charge is 0.164 e. The van der Waals surface area contributed by atoms with E-state index in [1.807, 2.05) is 78.9 Å². The standard InChI is InChI=1S/C54H32N4/c55-33-34-12-11-17-39(32-34)41-27-29-47-44-20-9-10-21-45(44)48-30-31-49(50(41)51(47)48)46-28-26-40(42-18-7-8-19-43(42)46)35-22-24-38(25-23-35)54-57-52(36-13-3-1-4-14-36)56-53(58-54)37-15-5-2-6-16-37/h1-32H. The monoisotopic (exact) mass is 736 g/mol. The summed E-state index contributed by atoms with van der Waals surface area (Å²) in [4.78, 5) is 14.8. The highest BCUT2D eigenvalue weighted by Gasteiger charge is 2.25. The summed E-state index contributed by atoms with van der Waals surface area (Å²) in [5.41, 5.74) is 15.2. The highest BCUT2D eigenvalue weighted by molar-refractivity contribution is 6.24. The number of nitriles is 1. The highest BCUT2D eigenvalue weighted by Crippen LogP contribution is 2.52. The summed E-state index contributed by atoms with van der Waals surface area (Å²) in [7, 11) is 0. The molecule has 4 heteroatoms. The predicted molar refractivity (Wildman–Crippen MR) is 237 cm³/mol. The molecule has 0 radical (unpaired) electrons. The maximum absolute atomic E-state index is 9.83. The minimum atomic E-state index is 0.629. The summed E-state index contributed by atoms with van der Waals surface area (Å²) in [6, 6.07) is 70.0. The van der Waals surface area contributed by atoms with Crippen molar-refractivity contribution in [2.45, 2.75) is 0 Å². The van der Waals surface area contributed by atoms with Gasteiger partial charge >= 0.3 is 0 Å². The van der Waals surface area contributed by atoms with Crippen LogP contribution in [0.25, 0.3) is 111 Å². The van der Waals surface area contributed by atoms with Crippen molar-refractivity contribution >= 4 is 21.5 Å². The zero-order valence-corrected chi connectivity index (χ0v) is 31.3. The summed E-state index contributed by atoms with van der Waals surface area (Å²) in [6.45, 7) is 0. The van der Waals surface area contributed by atoms with Gasteiger partial charge in [0.1, 0.15) is 0 Å². The Morgan fingerprint density at radius 1 is 0.293 bits per heavy atom. The number of nitrogens with zero attached hydrogens (tertiary/aromatic N) is 4. The van der Waals surface area contributed by atoms with Crippen molar-refractivity contribution in [1.82, 2.24) is 15.0 Å². The Labute approximate surface area is 336 Å². The Bertz CT molecular complexity index is 3190. The average molecular weight is 737 g/mol. The van der Waals surface area contributed by atoms with Crippen molar-refractivity contribution in [3.63, 3.8) is 0 Å². The van der Waals surface area contributed by atoms with Gasteiger partial charge in [0.2, 0.25) is 0 Å². The molecule has 268 valence electrons. The van der Waals surface area contributed by atoms with Gasteiger partial charge in [-0.25, -0.2) is 15.0 Å². The SMILES string of the molecule is N#Cc1cccc(-c2ccc3c4c(ccc(-c5ccc(-c6ccc(-c7nc(-c8ccccc8)nc(-c8ccccc8)n7)cc6)c6ccccc56)c24)-c2ccccc2-3)c1. The fraction of sp³-hybridized carbons (Fsp3) is 0. The van der Waals surface area contributed by atoms with Crippen molar-refractivity contribution < 1.29 is 0 Å². The fourth-order valence-electron chi connectivity index (χ4n) is 8.64. The van der Waals surface area contributed by atoms with Gasteiger partial charge < -0.3 is 0 Å². The predicted octanol–water partition coefficient (Wildman–Crippen LogP) is 13.7. The summed E-state index contributed by atoms with van der Waals surface area (Å²) in [6.07, 6.45) is 0. The van der Waals surface area contributed by atoms with E-state index < -0.39 is 0 Å². The van der Waals surface area contributed by atoms with E-state index in [9.17, 15) is 5.26 Å². The van der Waals surface area contributed by atoms with E-state index in [-0.39, 0.29) is 0 Å².